The minimum Gasteiger partial charge on any atom is -0.394 e. The van der Waals surface area contributed by atoms with Crippen molar-refractivity contribution in [3.63, 3.8) is 0 Å². The first-order valence-corrected chi connectivity index (χ1v) is 7.33. The number of likely N-dealkylation sites (N-methyl/N-ethyl adjacent to an activating group) is 1. The molecule has 0 aromatic heterocycles. The van der Waals surface area contributed by atoms with Crippen molar-refractivity contribution in [2.45, 2.75) is 43.7 Å². The number of likely N-dealkylation sites (tertiary alicyclic amines) is 1. The molecule has 0 aromatic rings. The summed E-state index contributed by atoms with van der Waals surface area (Å²) in [6, 6.07) is 0.717. The van der Waals surface area contributed by atoms with E-state index in [-0.39, 0.29) is 12.1 Å². The van der Waals surface area contributed by atoms with Crippen LogP contribution in [0.4, 0.5) is 0 Å². The number of nitrogens with two attached hydrogens (primary N) is 1. The van der Waals surface area contributed by atoms with Crippen LogP contribution in [0.25, 0.3) is 0 Å². The Balaban J connectivity index is 1.76. The maximum atomic E-state index is 9.46. The summed E-state index contributed by atoms with van der Waals surface area (Å²) in [7, 11) is 4.34. The predicted octanol–water partition coefficient (Wildman–Crippen LogP) is 0.502. The monoisotopic (exact) mass is 255 g/mol. The fourth-order valence-electron chi connectivity index (χ4n) is 3.58. The first-order chi connectivity index (χ1) is 8.55. The predicted molar refractivity (Wildman–Crippen MR) is 74.5 cm³/mol. The summed E-state index contributed by atoms with van der Waals surface area (Å²) in [6.07, 6.45) is 5.81. The Labute approximate surface area is 111 Å². The summed E-state index contributed by atoms with van der Waals surface area (Å²) in [5, 5.41) is 9.46. The van der Waals surface area contributed by atoms with Gasteiger partial charge in [0, 0.05) is 18.1 Å². The highest BCUT2D eigenvalue weighted by Gasteiger charge is 2.38. The minimum absolute atomic E-state index is 0.151. The molecule has 1 saturated carbocycles. The third-order valence-corrected chi connectivity index (χ3v) is 5.07. The summed E-state index contributed by atoms with van der Waals surface area (Å²) in [5.74, 6) is 0.515. The Hall–Kier alpha value is -0.160. The van der Waals surface area contributed by atoms with Crippen molar-refractivity contribution in [2.75, 3.05) is 40.3 Å². The molecule has 3 unspecified atom stereocenters. The number of aliphatic hydroxyl groups excluding tert-OH is 1. The fourth-order valence-corrected chi connectivity index (χ4v) is 3.58. The molecule has 1 heterocycles. The third kappa shape index (κ3) is 3.05. The maximum absolute atomic E-state index is 9.46. The van der Waals surface area contributed by atoms with Crippen LogP contribution in [-0.2, 0) is 0 Å². The quantitative estimate of drug-likeness (QED) is 0.751. The molecule has 4 heteroatoms. The summed E-state index contributed by atoms with van der Waals surface area (Å²) in [6.45, 7) is 3.70. The molecule has 0 radical (unpaired) electrons. The third-order valence-electron chi connectivity index (χ3n) is 5.07. The molecule has 1 aliphatic carbocycles. The Morgan fingerprint density at radius 1 is 1.39 bits per heavy atom. The normalized spacial score (nSPS) is 37.8. The lowest BCUT2D eigenvalue weighted by Crippen LogP contribution is -2.47. The Morgan fingerprint density at radius 2 is 2.17 bits per heavy atom. The molecule has 4 nitrogen and oxygen atoms in total. The van der Waals surface area contributed by atoms with E-state index in [9.17, 15) is 5.11 Å². The molecule has 3 N–H and O–H groups in total. The lowest BCUT2D eigenvalue weighted by atomic mass is 9.86. The van der Waals surface area contributed by atoms with Gasteiger partial charge in [0.1, 0.15) is 0 Å². The first-order valence-electron chi connectivity index (χ1n) is 7.33. The maximum Gasteiger partial charge on any atom is 0.0613 e. The number of aliphatic hydroxyl groups is 1. The highest BCUT2D eigenvalue weighted by atomic mass is 16.3. The summed E-state index contributed by atoms with van der Waals surface area (Å²) in [4.78, 5) is 4.89. The van der Waals surface area contributed by atoms with Crippen molar-refractivity contribution in [1.82, 2.24) is 9.80 Å². The second-order valence-corrected chi connectivity index (χ2v) is 6.48. The van der Waals surface area contributed by atoms with Gasteiger partial charge in [-0.3, -0.25) is 0 Å². The average Bonchev–Trinajstić information content (AvgIpc) is 2.94. The van der Waals surface area contributed by atoms with E-state index in [0.29, 0.717) is 12.0 Å². The van der Waals surface area contributed by atoms with Crippen LogP contribution in [0, 0.1) is 5.92 Å². The van der Waals surface area contributed by atoms with Crippen LogP contribution in [0.5, 0.6) is 0 Å². The van der Waals surface area contributed by atoms with Crippen molar-refractivity contribution < 1.29 is 5.11 Å². The van der Waals surface area contributed by atoms with E-state index < -0.39 is 0 Å². The standard InChI is InChI=1S/C14H29N3O/c1-16(2)13-6-9-17(10-13)8-5-12-4-3-7-14(12,15)11-18/h12-13,18H,3-11,15H2,1-2H3. The molecule has 0 aromatic carbocycles. The van der Waals surface area contributed by atoms with E-state index in [4.69, 9.17) is 5.73 Å². The van der Waals surface area contributed by atoms with E-state index in [2.05, 4.69) is 23.9 Å². The van der Waals surface area contributed by atoms with Gasteiger partial charge in [0.05, 0.1) is 6.61 Å². The molecule has 2 aliphatic rings. The molecule has 106 valence electrons. The highest BCUT2D eigenvalue weighted by Crippen LogP contribution is 2.36. The van der Waals surface area contributed by atoms with Gasteiger partial charge in [-0.1, -0.05) is 6.42 Å². The van der Waals surface area contributed by atoms with Crippen molar-refractivity contribution in [3.05, 3.63) is 0 Å². The molecule has 0 spiro atoms. The van der Waals surface area contributed by atoms with Crippen LogP contribution in [-0.4, -0.2) is 66.8 Å². The van der Waals surface area contributed by atoms with Gasteiger partial charge in [-0.05, 0) is 58.8 Å². The summed E-state index contributed by atoms with van der Waals surface area (Å²) < 4.78 is 0. The molecule has 2 rings (SSSR count). The molecular formula is C14H29N3O. The zero-order valence-corrected chi connectivity index (χ0v) is 11.9. The second-order valence-electron chi connectivity index (χ2n) is 6.48. The van der Waals surface area contributed by atoms with Crippen molar-refractivity contribution in [2.24, 2.45) is 11.7 Å². The first kappa shape index (κ1) is 14.3. The van der Waals surface area contributed by atoms with Crippen molar-refractivity contribution in [3.8, 4) is 0 Å². The highest BCUT2D eigenvalue weighted by molar-refractivity contribution is 4.96. The molecule has 18 heavy (non-hydrogen) atoms. The smallest absolute Gasteiger partial charge is 0.0613 e. The van der Waals surface area contributed by atoms with E-state index >= 15 is 0 Å². The van der Waals surface area contributed by atoms with Gasteiger partial charge < -0.3 is 20.6 Å². The molecule has 3 atom stereocenters. The summed E-state index contributed by atoms with van der Waals surface area (Å²) >= 11 is 0. The molecule has 1 saturated heterocycles. The van der Waals surface area contributed by atoms with Gasteiger partial charge in [-0.2, -0.15) is 0 Å². The number of nitrogens with zero attached hydrogens (tertiary/aromatic N) is 2. The van der Waals surface area contributed by atoms with Crippen LogP contribution in [0.1, 0.15) is 32.1 Å². The lowest BCUT2D eigenvalue weighted by Gasteiger charge is -2.30. The van der Waals surface area contributed by atoms with Crippen molar-refractivity contribution in [1.29, 1.82) is 0 Å². The number of hydrogen-bond acceptors (Lipinski definition) is 4. The Morgan fingerprint density at radius 3 is 2.78 bits per heavy atom. The average molecular weight is 255 g/mol. The second kappa shape index (κ2) is 5.87. The van der Waals surface area contributed by atoms with E-state index in [0.717, 1.165) is 19.4 Å². The van der Waals surface area contributed by atoms with Gasteiger partial charge >= 0.3 is 0 Å². The molecule has 1 aliphatic heterocycles. The number of rotatable bonds is 5. The topological polar surface area (TPSA) is 52.7 Å². The molecule has 0 amide bonds. The molecule has 0 bridgehead atoms. The Kier molecular flexibility index (Phi) is 4.64. The van der Waals surface area contributed by atoms with Crippen LogP contribution in [0.3, 0.4) is 0 Å². The van der Waals surface area contributed by atoms with Crippen LogP contribution < -0.4 is 5.73 Å². The molecular weight excluding hydrogens is 226 g/mol. The SMILES string of the molecule is CN(C)C1CCN(CCC2CCCC2(N)CO)C1. The van der Waals surface area contributed by atoms with E-state index in [1.807, 2.05) is 0 Å². The minimum atomic E-state index is -0.291. The van der Waals surface area contributed by atoms with Gasteiger partial charge in [0.2, 0.25) is 0 Å². The van der Waals surface area contributed by atoms with Gasteiger partial charge in [0.15, 0.2) is 0 Å². The fraction of sp³-hybridized carbons (Fsp3) is 1.00. The van der Waals surface area contributed by atoms with Crippen LogP contribution in [0.2, 0.25) is 0 Å². The van der Waals surface area contributed by atoms with Gasteiger partial charge in [-0.25, -0.2) is 0 Å². The zero-order valence-electron chi connectivity index (χ0n) is 11.9. The number of hydrogen-bond donors (Lipinski definition) is 2. The van der Waals surface area contributed by atoms with E-state index in [1.54, 1.807) is 0 Å². The largest absolute Gasteiger partial charge is 0.394 e. The zero-order chi connectivity index (χ0) is 13.2. The van der Waals surface area contributed by atoms with Crippen LogP contribution >= 0.6 is 0 Å². The van der Waals surface area contributed by atoms with Gasteiger partial charge in [-0.15, -0.1) is 0 Å². The summed E-state index contributed by atoms with van der Waals surface area (Å²) in [5.41, 5.74) is 6.00. The lowest BCUT2D eigenvalue weighted by molar-refractivity contribution is 0.146. The van der Waals surface area contributed by atoms with Crippen molar-refractivity contribution >= 4 is 0 Å². The Bertz CT molecular complexity index is 272. The van der Waals surface area contributed by atoms with E-state index in [1.165, 1.54) is 32.4 Å². The van der Waals surface area contributed by atoms with Crippen LogP contribution in [0.15, 0.2) is 0 Å². The molecule has 2 fully saturated rings. The van der Waals surface area contributed by atoms with Gasteiger partial charge in [0.25, 0.3) is 0 Å².